The van der Waals surface area contributed by atoms with Crippen LogP contribution in [0.15, 0.2) is 24.3 Å². The van der Waals surface area contributed by atoms with Crippen LogP contribution in [0.5, 0.6) is 0 Å². The van der Waals surface area contributed by atoms with Gasteiger partial charge in [0.1, 0.15) is 0 Å². The molecule has 1 unspecified atom stereocenters. The van der Waals surface area contributed by atoms with Crippen LogP contribution in [0.25, 0.3) is 0 Å². The van der Waals surface area contributed by atoms with Gasteiger partial charge in [0.2, 0.25) is 10.0 Å². The van der Waals surface area contributed by atoms with Crippen molar-refractivity contribution in [2.24, 2.45) is 0 Å². The number of rotatable bonds is 7. The van der Waals surface area contributed by atoms with E-state index in [4.69, 9.17) is 0 Å². The Bertz CT molecular complexity index is 498. The number of anilines is 1. The fourth-order valence-electron chi connectivity index (χ4n) is 1.69. The fraction of sp³-hybridized carbons (Fsp3) is 0.571. The van der Waals surface area contributed by atoms with Crippen LogP contribution in [0, 0.1) is 0 Å². The summed E-state index contributed by atoms with van der Waals surface area (Å²) >= 11 is 0. The molecule has 4 nitrogen and oxygen atoms in total. The molecule has 0 radical (unpaired) electrons. The summed E-state index contributed by atoms with van der Waals surface area (Å²) < 4.78 is 27.2. The van der Waals surface area contributed by atoms with Gasteiger partial charge in [-0.2, -0.15) is 0 Å². The van der Waals surface area contributed by atoms with Gasteiger partial charge in [0, 0.05) is 12.6 Å². The van der Waals surface area contributed by atoms with Crippen molar-refractivity contribution in [3.8, 4) is 0 Å². The van der Waals surface area contributed by atoms with Gasteiger partial charge in [-0.15, -0.1) is 0 Å². The Morgan fingerprint density at radius 1 is 1.16 bits per heavy atom. The molecule has 0 saturated carbocycles. The third-order valence-electron chi connectivity index (χ3n) is 2.99. The number of sulfonamides is 1. The Morgan fingerprint density at radius 3 is 2.37 bits per heavy atom. The largest absolute Gasteiger partial charge is 0.313 e. The first-order valence-corrected chi connectivity index (χ1v) is 8.24. The Labute approximate surface area is 116 Å². The Kier molecular flexibility index (Phi) is 5.82. The first-order chi connectivity index (χ1) is 8.86. The molecule has 0 aliphatic heterocycles. The summed E-state index contributed by atoms with van der Waals surface area (Å²) in [5.41, 5.74) is 1.69. The maximum absolute atomic E-state index is 12.2. The number of aryl methyl sites for hydroxylation is 1. The Hall–Kier alpha value is -1.07. The normalized spacial score (nSPS) is 13.5. The molecular formula is C14H24N2O2S. The lowest BCUT2D eigenvalue weighted by Crippen LogP contribution is -2.37. The molecule has 1 aromatic carbocycles. The van der Waals surface area contributed by atoms with E-state index in [-0.39, 0.29) is 6.04 Å². The number of hydrogen-bond donors (Lipinski definition) is 2. The molecule has 0 aliphatic carbocycles. The third-order valence-corrected chi connectivity index (χ3v) is 4.72. The molecule has 0 fully saturated rings. The van der Waals surface area contributed by atoms with E-state index in [2.05, 4.69) is 10.0 Å². The van der Waals surface area contributed by atoms with Crippen molar-refractivity contribution in [3.05, 3.63) is 29.8 Å². The smallest absolute Gasteiger partial charge is 0.236 e. The number of benzene rings is 1. The van der Waals surface area contributed by atoms with Crippen molar-refractivity contribution >= 4 is 15.7 Å². The molecule has 0 heterocycles. The second-order valence-electron chi connectivity index (χ2n) is 5.03. The highest BCUT2D eigenvalue weighted by atomic mass is 32.2. The van der Waals surface area contributed by atoms with Gasteiger partial charge >= 0.3 is 0 Å². The van der Waals surface area contributed by atoms with Crippen molar-refractivity contribution in [1.82, 2.24) is 5.32 Å². The van der Waals surface area contributed by atoms with Crippen LogP contribution < -0.4 is 10.0 Å². The van der Waals surface area contributed by atoms with Gasteiger partial charge in [-0.3, -0.25) is 4.72 Å². The maximum atomic E-state index is 12.2. The van der Waals surface area contributed by atoms with Crippen LogP contribution in [0.3, 0.4) is 0 Å². The maximum Gasteiger partial charge on any atom is 0.236 e. The molecule has 0 aromatic heterocycles. The van der Waals surface area contributed by atoms with Crippen molar-refractivity contribution in [2.45, 2.75) is 45.4 Å². The lowest BCUT2D eigenvalue weighted by atomic mass is 10.1. The minimum absolute atomic E-state index is 0.278. The zero-order valence-electron chi connectivity index (χ0n) is 12.1. The molecule has 0 bridgehead atoms. The van der Waals surface area contributed by atoms with Gasteiger partial charge in [0.25, 0.3) is 0 Å². The van der Waals surface area contributed by atoms with Crippen LogP contribution in [-0.4, -0.2) is 26.3 Å². The van der Waals surface area contributed by atoms with Crippen molar-refractivity contribution in [3.63, 3.8) is 0 Å². The highest BCUT2D eigenvalue weighted by Gasteiger charge is 2.21. The molecule has 0 aliphatic rings. The van der Waals surface area contributed by atoms with Crippen molar-refractivity contribution < 1.29 is 8.42 Å². The van der Waals surface area contributed by atoms with Crippen LogP contribution in [0.1, 0.15) is 33.3 Å². The van der Waals surface area contributed by atoms with Gasteiger partial charge in [-0.25, -0.2) is 8.42 Å². The zero-order chi connectivity index (χ0) is 14.5. The second kappa shape index (κ2) is 6.91. The van der Waals surface area contributed by atoms with Gasteiger partial charge in [-0.1, -0.05) is 39.0 Å². The molecule has 1 aromatic rings. The summed E-state index contributed by atoms with van der Waals surface area (Å²) in [5, 5.41) is 2.67. The molecule has 1 atom stereocenters. The molecule has 2 N–H and O–H groups in total. The Balaban J connectivity index is 2.78. The predicted molar refractivity (Wildman–Crippen MR) is 81.0 cm³/mol. The summed E-state index contributed by atoms with van der Waals surface area (Å²) in [4.78, 5) is 0. The molecule has 108 valence electrons. The third kappa shape index (κ3) is 4.84. The van der Waals surface area contributed by atoms with E-state index in [9.17, 15) is 8.42 Å². The molecule has 0 amide bonds. The van der Waals surface area contributed by atoms with Crippen molar-refractivity contribution in [1.29, 1.82) is 0 Å². The van der Waals surface area contributed by atoms with Crippen LogP contribution in [0.4, 0.5) is 5.69 Å². The first-order valence-electron chi connectivity index (χ1n) is 6.69. The summed E-state index contributed by atoms with van der Waals surface area (Å²) in [6.07, 6.45) is 0.803. The second-order valence-corrected chi connectivity index (χ2v) is 7.13. The van der Waals surface area contributed by atoms with E-state index in [1.165, 1.54) is 0 Å². The molecule has 0 saturated heterocycles. The van der Waals surface area contributed by atoms with Gasteiger partial charge < -0.3 is 5.32 Å². The van der Waals surface area contributed by atoms with Crippen LogP contribution >= 0.6 is 0 Å². The highest BCUT2D eigenvalue weighted by Crippen LogP contribution is 2.18. The average molecular weight is 284 g/mol. The van der Waals surface area contributed by atoms with Gasteiger partial charge in [0.15, 0.2) is 0 Å². The minimum Gasteiger partial charge on any atom is -0.313 e. The topological polar surface area (TPSA) is 58.2 Å². The fourth-order valence-corrected chi connectivity index (χ4v) is 2.72. The minimum atomic E-state index is -3.35. The van der Waals surface area contributed by atoms with E-state index in [1.54, 1.807) is 13.0 Å². The van der Waals surface area contributed by atoms with E-state index in [1.807, 2.05) is 39.0 Å². The van der Waals surface area contributed by atoms with Crippen LogP contribution in [0.2, 0.25) is 0 Å². The summed E-state index contributed by atoms with van der Waals surface area (Å²) in [6.45, 7) is 8.17. The SMILES string of the molecule is CCc1ccccc1NS(=O)(=O)C(C)CNC(C)C. The Morgan fingerprint density at radius 2 is 1.79 bits per heavy atom. The molecule has 19 heavy (non-hydrogen) atoms. The molecule has 5 heteroatoms. The summed E-state index contributed by atoms with van der Waals surface area (Å²) in [7, 11) is -3.35. The zero-order valence-corrected chi connectivity index (χ0v) is 12.9. The lowest BCUT2D eigenvalue weighted by molar-refractivity contribution is 0.553. The van der Waals surface area contributed by atoms with E-state index >= 15 is 0 Å². The van der Waals surface area contributed by atoms with Crippen LogP contribution in [-0.2, 0) is 16.4 Å². The molecular weight excluding hydrogens is 260 g/mol. The quantitative estimate of drug-likeness (QED) is 0.808. The van der Waals surface area contributed by atoms with E-state index in [0.29, 0.717) is 12.2 Å². The molecule has 1 rings (SSSR count). The number of para-hydroxylation sites is 1. The predicted octanol–water partition coefficient (Wildman–Crippen LogP) is 2.38. The lowest BCUT2D eigenvalue weighted by Gasteiger charge is -2.18. The molecule has 0 spiro atoms. The standard InChI is InChI=1S/C14H24N2O2S/c1-5-13-8-6-7-9-14(13)16-19(17,18)12(4)10-15-11(2)3/h6-9,11-12,15-16H,5,10H2,1-4H3. The van der Waals surface area contributed by atoms with Crippen molar-refractivity contribution in [2.75, 3.05) is 11.3 Å². The first kappa shape index (κ1) is 16.0. The number of hydrogen-bond acceptors (Lipinski definition) is 3. The average Bonchev–Trinajstić information content (AvgIpc) is 2.36. The van der Waals surface area contributed by atoms with Gasteiger partial charge in [0.05, 0.1) is 10.9 Å². The van der Waals surface area contributed by atoms with Gasteiger partial charge in [-0.05, 0) is 25.0 Å². The monoisotopic (exact) mass is 284 g/mol. The summed E-state index contributed by atoms with van der Waals surface area (Å²) in [6, 6.07) is 7.78. The van der Waals surface area contributed by atoms with E-state index in [0.717, 1.165) is 12.0 Å². The van der Waals surface area contributed by atoms with E-state index < -0.39 is 15.3 Å². The number of nitrogens with one attached hydrogen (secondary N) is 2. The summed E-state index contributed by atoms with van der Waals surface area (Å²) in [5.74, 6) is 0. The highest BCUT2D eigenvalue weighted by molar-refractivity contribution is 7.93.